The van der Waals surface area contributed by atoms with E-state index in [1.807, 2.05) is 6.92 Å². The lowest BCUT2D eigenvalue weighted by molar-refractivity contribution is -0.384. The summed E-state index contributed by atoms with van der Waals surface area (Å²) < 4.78 is 5.27. The Hall–Kier alpha value is -2.22. The predicted octanol–water partition coefficient (Wildman–Crippen LogP) is 1.92. The van der Waals surface area contributed by atoms with Crippen molar-refractivity contribution >= 4 is 17.5 Å². The molecule has 110 valence electrons. The van der Waals surface area contributed by atoms with Crippen molar-refractivity contribution < 1.29 is 19.6 Å². The van der Waals surface area contributed by atoms with Crippen molar-refractivity contribution in [2.24, 2.45) is 0 Å². The summed E-state index contributed by atoms with van der Waals surface area (Å²) >= 11 is 0. The number of ether oxygens (including phenoxy) is 1. The normalized spacial score (nSPS) is 10.2. The minimum Gasteiger partial charge on any atom is -0.477 e. The van der Waals surface area contributed by atoms with Crippen LogP contribution in [0, 0.1) is 10.1 Å². The number of aromatic nitrogens is 1. The van der Waals surface area contributed by atoms with E-state index in [1.54, 1.807) is 0 Å². The first kappa shape index (κ1) is 15.8. The largest absolute Gasteiger partial charge is 0.477 e. The molecule has 1 aromatic heterocycles. The SMILES string of the molecule is CCCOCCCNc1nc(C(=O)O)ccc1[N+](=O)[O-]. The molecule has 1 heterocycles. The minimum absolute atomic E-state index is 0.0367. The molecule has 0 saturated carbocycles. The van der Waals surface area contributed by atoms with Gasteiger partial charge in [0.05, 0.1) is 4.92 Å². The number of hydrogen-bond acceptors (Lipinski definition) is 6. The third-order valence-corrected chi connectivity index (χ3v) is 2.40. The summed E-state index contributed by atoms with van der Waals surface area (Å²) in [6.45, 7) is 3.63. The Morgan fingerprint density at radius 3 is 2.85 bits per heavy atom. The fraction of sp³-hybridized carbons (Fsp3) is 0.500. The first-order valence-corrected chi connectivity index (χ1v) is 6.26. The number of nitrogens with one attached hydrogen (secondary N) is 1. The number of carboxylic acids is 1. The highest BCUT2D eigenvalue weighted by molar-refractivity contribution is 5.86. The number of nitro groups is 1. The molecule has 1 aromatic rings. The van der Waals surface area contributed by atoms with Gasteiger partial charge < -0.3 is 15.2 Å². The lowest BCUT2D eigenvalue weighted by atomic mass is 10.3. The molecule has 0 saturated heterocycles. The van der Waals surface area contributed by atoms with Crippen LogP contribution in [-0.2, 0) is 4.74 Å². The van der Waals surface area contributed by atoms with E-state index in [9.17, 15) is 14.9 Å². The second-order valence-corrected chi connectivity index (χ2v) is 4.02. The van der Waals surface area contributed by atoms with E-state index in [0.29, 0.717) is 26.2 Å². The number of carbonyl (C=O) groups is 1. The number of anilines is 1. The summed E-state index contributed by atoms with van der Waals surface area (Å²) in [4.78, 5) is 24.8. The van der Waals surface area contributed by atoms with E-state index in [-0.39, 0.29) is 17.2 Å². The molecule has 0 amide bonds. The van der Waals surface area contributed by atoms with Gasteiger partial charge in [-0.2, -0.15) is 0 Å². The van der Waals surface area contributed by atoms with Crippen LogP contribution in [0.25, 0.3) is 0 Å². The van der Waals surface area contributed by atoms with E-state index in [1.165, 1.54) is 0 Å². The predicted molar refractivity (Wildman–Crippen MR) is 72.1 cm³/mol. The van der Waals surface area contributed by atoms with Crippen LogP contribution in [0.4, 0.5) is 11.5 Å². The minimum atomic E-state index is -1.23. The highest BCUT2D eigenvalue weighted by Crippen LogP contribution is 2.22. The molecule has 20 heavy (non-hydrogen) atoms. The number of aromatic carboxylic acids is 1. The molecule has 8 heteroatoms. The standard InChI is InChI=1S/C12H17N3O5/c1-2-7-20-8-3-6-13-11-10(15(18)19)5-4-9(14-11)12(16)17/h4-5H,2-3,6-8H2,1H3,(H,13,14)(H,16,17). The van der Waals surface area contributed by atoms with Gasteiger partial charge in [0.1, 0.15) is 0 Å². The number of carboxylic acid groups (broad SMARTS) is 1. The Morgan fingerprint density at radius 1 is 1.50 bits per heavy atom. The molecular formula is C12H17N3O5. The summed E-state index contributed by atoms with van der Waals surface area (Å²) in [6, 6.07) is 2.24. The van der Waals surface area contributed by atoms with Crippen LogP contribution in [0.15, 0.2) is 12.1 Å². The second kappa shape index (κ2) is 8.05. The summed E-state index contributed by atoms with van der Waals surface area (Å²) in [7, 11) is 0. The van der Waals surface area contributed by atoms with Crippen LogP contribution in [0.3, 0.4) is 0 Å². The number of hydrogen-bond donors (Lipinski definition) is 2. The molecule has 0 aliphatic heterocycles. The first-order valence-electron chi connectivity index (χ1n) is 6.26. The number of pyridine rings is 1. The lowest BCUT2D eigenvalue weighted by Crippen LogP contribution is -2.11. The third-order valence-electron chi connectivity index (χ3n) is 2.40. The van der Waals surface area contributed by atoms with Crippen LogP contribution in [0.1, 0.15) is 30.3 Å². The van der Waals surface area contributed by atoms with Crippen LogP contribution in [-0.4, -0.2) is 40.7 Å². The van der Waals surface area contributed by atoms with Gasteiger partial charge in [0.25, 0.3) is 0 Å². The Balaban J connectivity index is 2.63. The van der Waals surface area contributed by atoms with E-state index in [0.717, 1.165) is 18.6 Å². The molecule has 0 fully saturated rings. The van der Waals surface area contributed by atoms with Gasteiger partial charge in [-0.25, -0.2) is 9.78 Å². The van der Waals surface area contributed by atoms with Gasteiger partial charge in [0.15, 0.2) is 5.69 Å². The van der Waals surface area contributed by atoms with Crippen molar-refractivity contribution in [3.8, 4) is 0 Å². The Bertz CT molecular complexity index is 478. The van der Waals surface area contributed by atoms with Crippen molar-refractivity contribution in [2.75, 3.05) is 25.1 Å². The summed E-state index contributed by atoms with van der Waals surface area (Å²) in [5, 5.41) is 22.4. The lowest BCUT2D eigenvalue weighted by Gasteiger charge is -2.07. The average Bonchev–Trinajstić information content (AvgIpc) is 2.42. The van der Waals surface area contributed by atoms with Crippen LogP contribution >= 0.6 is 0 Å². The van der Waals surface area contributed by atoms with E-state index >= 15 is 0 Å². The van der Waals surface area contributed by atoms with E-state index in [4.69, 9.17) is 9.84 Å². The molecule has 0 spiro atoms. The zero-order valence-corrected chi connectivity index (χ0v) is 11.2. The topological polar surface area (TPSA) is 115 Å². The molecule has 0 bridgehead atoms. The highest BCUT2D eigenvalue weighted by Gasteiger charge is 2.17. The molecule has 1 rings (SSSR count). The number of rotatable bonds is 9. The van der Waals surface area contributed by atoms with Crippen molar-refractivity contribution in [2.45, 2.75) is 19.8 Å². The van der Waals surface area contributed by atoms with Crippen molar-refractivity contribution in [1.29, 1.82) is 0 Å². The van der Waals surface area contributed by atoms with Gasteiger partial charge in [-0.1, -0.05) is 6.92 Å². The molecule has 0 aliphatic rings. The van der Waals surface area contributed by atoms with Crippen LogP contribution in [0.5, 0.6) is 0 Å². The van der Waals surface area contributed by atoms with Crippen LogP contribution in [0.2, 0.25) is 0 Å². The maximum atomic E-state index is 10.8. The van der Waals surface area contributed by atoms with Gasteiger partial charge in [-0.15, -0.1) is 0 Å². The Kier molecular flexibility index (Phi) is 6.38. The molecule has 0 aliphatic carbocycles. The monoisotopic (exact) mass is 283 g/mol. The molecule has 0 radical (unpaired) electrons. The second-order valence-electron chi connectivity index (χ2n) is 4.02. The van der Waals surface area contributed by atoms with Gasteiger partial charge in [-0.05, 0) is 18.9 Å². The smallest absolute Gasteiger partial charge is 0.354 e. The van der Waals surface area contributed by atoms with E-state index in [2.05, 4.69) is 10.3 Å². The summed E-state index contributed by atoms with van der Waals surface area (Å²) in [5.74, 6) is -1.26. The van der Waals surface area contributed by atoms with Crippen molar-refractivity contribution in [1.82, 2.24) is 4.98 Å². The maximum absolute atomic E-state index is 10.8. The van der Waals surface area contributed by atoms with Gasteiger partial charge >= 0.3 is 11.7 Å². The third kappa shape index (κ3) is 4.81. The molecule has 2 N–H and O–H groups in total. The van der Waals surface area contributed by atoms with Gasteiger partial charge in [0, 0.05) is 25.8 Å². The fourth-order valence-corrected chi connectivity index (χ4v) is 1.48. The van der Waals surface area contributed by atoms with Crippen molar-refractivity contribution in [3.05, 3.63) is 27.9 Å². The molecule has 8 nitrogen and oxygen atoms in total. The molecule has 0 aromatic carbocycles. The highest BCUT2D eigenvalue weighted by atomic mass is 16.6. The van der Waals surface area contributed by atoms with Crippen LogP contribution < -0.4 is 5.32 Å². The van der Waals surface area contributed by atoms with Gasteiger partial charge in [-0.3, -0.25) is 10.1 Å². The van der Waals surface area contributed by atoms with Gasteiger partial charge in [0.2, 0.25) is 5.82 Å². The molecule has 0 unspecified atom stereocenters. The summed E-state index contributed by atoms with van der Waals surface area (Å²) in [6.07, 6.45) is 1.58. The summed E-state index contributed by atoms with van der Waals surface area (Å²) in [5.41, 5.74) is -0.482. The first-order chi connectivity index (χ1) is 9.56. The average molecular weight is 283 g/mol. The fourth-order valence-electron chi connectivity index (χ4n) is 1.48. The van der Waals surface area contributed by atoms with E-state index < -0.39 is 10.9 Å². The quantitative estimate of drug-likeness (QED) is 0.404. The maximum Gasteiger partial charge on any atom is 0.354 e. The number of nitrogens with zero attached hydrogens (tertiary/aromatic N) is 2. The zero-order valence-electron chi connectivity index (χ0n) is 11.2. The molecular weight excluding hydrogens is 266 g/mol. The Labute approximate surface area is 115 Å². The molecule has 0 atom stereocenters. The van der Waals surface area contributed by atoms with Crippen molar-refractivity contribution in [3.63, 3.8) is 0 Å². The Morgan fingerprint density at radius 2 is 2.25 bits per heavy atom. The zero-order chi connectivity index (χ0) is 15.0.